The van der Waals surface area contributed by atoms with Gasteiger partial charge in [0.2, 0.25) is 0 Å². The van der Waals surface area contributed by atoms with Gasteiger partial charge < -0.3 is 4.90 Å². The van der Waals surface area contributed by atoms with Crippen LogP contribution in [0.5, 0.6) is 0 Å². The molecule has 3 nitrogen and oxygen atoms in total. The normalized spacial score (nSPS) is 28.5. The zero-order valence-corrected chi connectivity index (χ0v) is 12.5. The third-order valence-corrected chi connectivity index (χ3v) is 4.47. The van der Waals surface area contributed by atoms with Gasteiger partial charge in [-0.25, -0.2) is 9.97 Å². The highest BCUT2D eigenvalue weighted by atomic mass is 35.5. The maximum atomic E-state index is 6.11. The zero-order chi connectivity index (χ0) is 13.3. The minimum Gasteiger partial charge on any atom is -0.353 e. The summed E-state index contributed by atoms with van der Waals surface area (Å²) < 4.78 is 0. The zero-order valence-electron chi connectivity index (χ0n) is 11.0. The van der Waals surface area contributed by atoms with Gasteiger partial charge in [-0.05, 0) is 25.2 Å². The highest BCUT2D eigenvalue weighted by molar-refractivity contribution is 6.31. The molecular formula is C13H19Cl2N3. The summed E-state index contributed by atoms with van der Waals surface area (Å²) in [5.41, 5.74) is 0.842. The number of aromatic nitrogens is 2. The van der Waals surface area contributed by atoms with Crippen molar-refractivity contribution in [1.82, 2.24) is 9.97 Å². The quantitative estimate of drug-likeness (QED) is 0.613. The molecule has 0 bridgehead atoms. The molecule has 1 aromatic heterocycles. The molecule has 18 heavy (non-hydrogen) atoms. The first kappa shape index (κ1) is 13.9. The molecule has 2 heterocycles. The van der Waals surface area contributed by atoms with E-state index in [2.05, 4.69) is 35.6 Å². The Hall–Kier alpha value is -0.540. The fraction of sp³-hybridized carbons (Fsp3) is 0.692. The van der Waals surface area contributed by atoms with Crippen molar-refractivity contribution in [3.63, 3.8) is 0 Å². The van der Waals surface area contributed by atoms with E-state index in [-0.39, 0.29) is 0 Å². The van der Waals surface area contributed by atoms with Crippen LogP contribution in [0.25, 0.3) is 0 Å². The molecule has 0 amide bonds. The van der Waals surface area contributed by atoms with E-state index in [0.29, 0.717) is 28.9 Å². The van der Waals surface area contributed by atoms with E-state index in [0.717, 1.165) is 17.9 Å². The summed E-state index contributed by atoms with van der Waals surface area (Å²) in [6.45, 7) is 7.81. The number of nitrogens with zero attached hydrogens (tertiary/aromatic N) is 3. The molecule has 1 aliphatic heterocycles. The standard InChI is InChI=1S/C13H19Cl2N3/c1-8-4-9(2)10(3)18(6-8)13-11(5-14)12(15)16-7-17-13/h7-10H,4-6H2,1-3H3. The SMILES string of the molecule is CC1CC(C)C(C)N(c2ncnc(Cl)c2CCl)C1. The van der Waals surface area contributed by atoms with Crippen LogP contribution in [-0.2, 0) is 5.88 Å². The number of anilines is 1. The second kappa shape index (κ2) is 5.62. The van der Waals surface area contributed by atoms with Crippen LogP contribution in [-0.4, -0.2) is 22.6 Å². The van der Waals surface area contributed by atoms with Gasteiger partial charge in [0.25, 0.3) is 0 Å². The van der Waals surface area contributed by atoms with Crippen molar-refractivity contribution >= 4 is 29.0 Å². The maximum absolute atomic E-state index is 6.11. The van der Waals surface area contributed by atoms with Gasteiger partial charge in [-0.1, -0.05) is 25.4 Å². The first-order valence-corrected chi connectivity index (χ1v) is 7.27. The number of alkyl halides is 1. The summed E-state index contributed by atoms with van der Waals surface area (Å²) >= 11 is 12.1. The lowest BCUT2D eigenvalue weighted by Gasteiger charge is -2.42. The molecule has 100 valence electrons. The van der Waals surface area contributed by atoms with E-state index in [1.165, 1.54) is 12.7 Å². The lowest BCUT2D eigenvalue weighted by atomic mass is 9.86. The Labute approximate surface area is 119 Å². The van der Waals surface area contributed by atoms with Crippen molar-refractivity contribution in [3.05, 3.63) is 17.0 Å². The number of halogens is 2. The molecule has 1 aromatic rings. The van der Waals surface area contributed by atoms with Crippen LogP contribution in [0, 0.1) is 11.8 Å². The molecule has 2 rings (SSSR count). The van der Waals surface area contributed by atoms with E-state index in [1.54, 1.807) is 0 Å². The minimum absolute atomic E-state index is 0.348. The van der Waals surface area contributed by atoms with Crippen LogP contribution in [0.4, 0.5) is 5.82 Å². The molecule has 0 saturated carbocycles. The van der Waals surface area contributed by atoms with Gasteiger partial charge in [0, 0.05) is 18.2 Å². The first-order valence-electron chi connectivity index (χ1n) is 6.36. The Morgan fingerprint density at radius 2 is 2.06 bits per heavy atom. The van der Waals surface area contributed by atoms with Gasteiger partial charge in [-0.3, -0.25) is 0 Å². The third kappa shape index (κ3) is 2.57. The Bertz CT molecular complexity index is 425. The summed E-state index contributed by atoms with van der Waals surface area (Å²) in [6, 6.07) is 0.453. The number of piperidine rings is 1. The summed E-state index contributed by atoms with van der Waals surface area (Å²) in [7, 11) is 0. The number of hydrogen-bond acceptors (Lipinski definition) is 3. The number of hydrogen-bond donors (Lipinski definition) is 0. The predicted octanol–water partition coefficient (Wildman–Crippen LogP) is 3.74. The molecule has 0 radical (unpaired) electrons. The maximum Gasteiger partial charge on any atom is 0.138 e. The smallest absolute Gasteiger partial charge is 0.138 e. The van der Waals surface area contributed by atoms with Crippen LogP contribution in [0.3, 0.4) is 0 Å². The Morgan fingerprint density at radius 1 is 1.33 bits per heavy atom. The van der Waals surface area contributed by atoms with Gasteiger partial charge in [-0.2, -0.15) is 0 Å². The fourth-order valence-electron chi connectivity index (χ4n) is 2.74. The minimum atomic E-state index is 0.348. The highest BCUT2D eigenvalue weighted by Gasteiger charge is 2.31. The van der Waals surface area contributed by atoms with E-state index >= 15 is 0 Å². The van der Waals surface area contributed by atoms with Crippen molar-refractivity contribution in [2.24, 2.45) is 11.8 Å². The average Bonchev–Trinajstić information content (AvgIpc) is 2.33. The van der Waals surface area contributed by atoms with Crippen molar-refractivity contribution in [1.29, 1.82) is 0 Å². The van der Waals surface area contributed by atoms with Gasteiger partial charge in [-0.15, -0.1) is 11.6 Å². The summed E-state index contributed by atoms with van der Waals surface area (Å²) in [5, 5.41) is 0.466. The van der Waals surface area contributed by atoms with Crippen molar-refractivity contribution < 1.29 is 0 Å². The second-order valence-electron chi connectivity index (χ2n) is 5.31. The largest absolute Gasteiger partial charge is 0.353 e. The van der Waals surface area contributed by atoms with Crippen LogP contribution in [0.2, 0.25) is 5.15 Å². The van der Waals surface area contributed by atoms with Crippen LogP contribution >= 0.6 is 23.2 Å². The predicted molar refractivity (Wildman–Crippen MR) is 76.4 cm³/mol. The van der Waals surface area contributed by atoms with Crippen molar-refractivity contribution in [2.45, 2.75) is 39.1 Å². The molecule has 1 saturated heterocycles. The third-order valence-electron chi connectivity index (χ3n) is 3.87. The average molecular weight is 288 g/mol. The Kier molecular flexibility index (Phi) is 4.33. The highest BCUT2D eigenvalue weighted by Crippen LogP contribution is 2.33. The van der Waals surface area contributed by atoms with Gasteiger partial charge in [0.05, 0.1) is 5.88 Å². The molecule has 5 heteroatoms. The van der Waals surface area contributed by atoms with E-state index in [1.807, 2.05) is 0 Å². The van der Waals surface area contributed by atoms with Crippen molar-refractivity contribution in [2.75, 3.05) is 11.4 Å². The van der Waals surface area contributed by atoms with Gasteiger partial charge >= 0.3 is 0 Å². The van der Waals surface area contributed by atoms with Crippen molar-refractivity contribution in [3.8, 4) is 0 Å². The van der Waals surface area contributed by atoms with E-state index in [9.17, 15) is 0 Å². The molecule has 3 atom stereocenters. The monoisotopic (exact) mass is 287 g/mol. The molecular weight excluding hydrogens is 269 g/mol. The lowest BCUT2D eigenvalue weighted by molar-refractivity contribution is 0.295. The molecule has 0 spiro atoms. The van der Waals surface area contributed by atoms with Crippen LogP contribution in [0.1, 0.15) is 32.8 Å². The molecule has 1 fully saturated rings. The molecule has 0 aromatic carbocycles. The van der Waals surface area contributed by atoms with Crippen LogP contribution < -0.4 is 4.90 Å². The molecule has 1 aliphatic rings. The molecule has 0 N–H and O–H groups in total. The van der Waals surface area contributed by atoms with E-state index in [4.69, 9.17) is 23.2 Å². The lowest BCUT2D eigenvalue weighted by Crippen LogP contribution is -2.46. The Morgan fingerprint density at radius 3 is 2.72 bits per heavy atom. The Balaban J connectivity index is 2.38. The first-order chi connectivity index (χ1) is 8.54. The molecule has 3 unspecified atom stereocenters. The topological polar surface area (TPSA) is 29.0 Å². The summed E-state index contributed by atoms with van der Waals surface area (Å²) in [5.74, 6) is 2.55. The summed E-state index contributed by atoms with van der Waals surface area (Å²) in [4.78, 5) is 10.7. The van der Waals surface area contributed by atoms with Crippen LogP contribution in [0.15, 0.2) is 6.33 Å². The molecule has 0 aliphatic carbocycles. The van der Waals surface area contributed by atoms with Gasteiger partial charge in [0.1, 0.15) is 17.3 Å². The second-order valence-corrected chi connectivity index (χ2v) is 5.94. The summed E-state index contributed by atoms with van der Waals surface area (Å²) in [6.07, 6.45) is 2.77. The van der Waals surface area contributed by atoms with Gasteiger partial charge in [0.15, 0.2) is 0 Å². The fourth-order valence-corrected chi connectivity index (χ4v) is 3.25. The number of rotatable bonds is 2. The van der Waals surface area contributed by atoms with E-state index < -0.39 is 0 Å².